The Morgan fingerprint density at radius 1 is 1.30 bits per heavy atom. The molecule has 1 fully saturated rings. The van der Waals surface area contributed by atoms with Crippen molar-refractivity contribution in [2.45, 2.75) is 45.7 Å². The van der Waals surface area contributed by atoms with E-state index >= 15 is 0 Å². The predicted molar refractivity (Wildman–Crippen MR) is 121 cm³/mol. The van der Waals surface area contributed by atoms with E-state index in [1.807, 2.05) is 26.8 Å². The zero-order valence-electron chi connectivity index (χ0n) is 18.4. The first-order valence-corrected chi connectivity index (χ1v) is 12.1. The number of nitrogens with zero attached hydrogens (tertiary/aromatic N) is 3. The van der Waals surface area contributed by atoms with Gasteiger partial charge in [0.2, 0.25) is 10.0 Å². The monoisotopic (exact) mass is 474 g/mol. The molecule has 0 aromatic carbocycles. The van der Waals surface area contributed by atoms with Crippen molar-refractivity contribution in [3.8, 4) is 17.3 Å². The van der Waals surface area contributed by atoms with Gasteiger partial charge in [0.15, 0.2) is 11.6 Å². The van der Waals surface area contributed by atoms with E-state index < -0.39 is 33.1 Å². The summed E-state index contributed by atoms with van der Waals surface area (Å²) in [5.74, 6) is -1.82. The molecule has 33 heavy (non-hydrogen) atoms. The van der Waals surface area contributed by atoms with Gasteiger partial charge in [-0.05, 0) is 30.4 Å². The molecule has 0 aliphatic heterocycles. The van der Waals surface area contributed by atoms with Gasteiger partial charge in [-0.3, -0.25) is 0 Å². The molecule has 11 heteroatoms. The van der Waals surface area contributed by atoms with Crippen LogP contribution in [0.3, 0.4) is 0 Å². The average molecular weight is 475 g/mol. The second kappa shape index (κ2) is 8.35. The number of fused-ring (bicyclic) bond motifs is 1. The second-order valence-corrected chi connectivity index (χ2v) is 11.1. The van der Waals surface area contributed by atoms with Crippen molar-refractivity contribution < 1.29 is 17.2 Å². The molecule has 0 spiro atoms. The van der Waals surface area contributed by atoms with Gasteiger partial charge in [0, 0.05) is 29.2 Å². The number of hydrogen-bond acceptors (Lipinski definition) is 6. The van der Waals surface area contributed by atoms with Crippen molar-refractivity contribution in [3.05, 3.63) is 41.7 Å². The lowest BCUT2D eigenvalue weighted by Crippen LogP contribution is -2.44. The highest BCUT2D eigenvalue weighted by Crippen LogP contribution is 2.33. The van der Waals surface area contributed by atoms with Crippen LogP contribution in [0.25, 0.3) is 22.3 Å². The molecule has 1 aliphatic carbocycles. The molecule has 0 saturated heterocycles. The van der Waals surface area contributed by atoms with Crippen molar-refractivity contribution in [1.82, 2.24) is 19.7 Å². The molecular formula is C22H24F2N6O2S. The number of nitriles is 1. The quantitative estimate of drug-likeness (QED) is 0.480. The molecule has 174 valence electrons. The number of aromatic nitrogens is 3. The molecule has 1 aliphatic rings. The van der Waals surface area contributed by atoms with Crippen molar-refractivity contribution in [3.63, 3.8) is 0 Å². The van der Waals surface area contributed by atoms with Gasteiger partial charge >= 0.3 is 0 Å². The van der Waals surface area contributed by atoms with E-state index in [1.165, 1.54) is 12.3 Å². The van der Waals surface area contributed by atoms with E-state index in [-0.39, 0.29) is 28.9 Å². The largest absolute Gasteiger partial charge is 0.363 e. The van der Waals surface area contributed by atoms with E-state index in [1.54, 1.807) is 0 Å². The highest BCUT2D eigenvalue weighted by atomic mass is 32.2. The van der Waals surface area contributed by atoms with Crippen LogP contribution in [-0.2, 0) is 10.0 Å². The lowest BCUT2D eigenvalue weighted by atomic mass is 9.88. The molecule has 3 heterocycles. The third-order valence-corrected chi connectivity index (χ3v) is 6.98. The number of nitrogens with one attached hydrogen (secondary N) is 3. The molecule has 0 bridgehead atoms. The Morgan fingerprint density at radius 2 is 2.03 bits per heavy atom. The third kappa shape index (κ3) is 5.12. The van der Waals surface area contributed by atoms with Gasteiger partial charge in [0.25, 0.3) is 0 Å². The summed E-state index contributed by atoms with van der Waals surface area (Å²) in [7, 11) is -3.60. The van der Waals surface area contributed by atoms with E-state index in [4.69, 9.17) is 0 Å². The van der Waals surface area contributed by atoms with Crippen LogP contribution in [0.15, 0.2) is 24.5 Å². The maximum atomic E-state index is 14.9. The minimum Gasteiger partial charge on any atom is -0.363 e. The number of sulfonamides is 1. The Morgan fingerprint density at radius 3 is 2.67 bits per heavy atom. The van der Waals surface area contributed by atoms with Crippen LogP contribution in [-0.4, -0.2) is 41.2 Å². The molecular weight excluding hydrogens is 450 g/mol. The van der Waals surface area contributed by atoms with E-state index in [9.17, 15) is 22.5 Å². The number of aromatic amines is 1. The first-order chi connectivity index (χ1) is 15.5. The summed E-state index contributed by atoms with van der Waals surface area (Å²) in [6.07, 6.45) is 4.19. The second-order valence-electron chi connectivity index (χ2n) is 9.32. The predicted octanol–water partition coefficient (Wildman–Crippen LogP) is 3.68. The molecule has 1 unspecified atom stereocenters. The molecule has 3 aromatic heterocycles. The van der Waals surface area contributed by atoms with Crippen LogP contribution >= 0.6 is 0 Å². The molecule has 0 radical (unpaired) electrons. The van der Waals surface area contributed by atoms with Crippen molar-refractivity contribution in [2.24, 2.45) is 5.41 Å². The fourth-order valence-electron chi connectivity index (χ4n) is 3.45. The zero-order chi connectivity index (χ0) is 24.0. The van der Waals surface area contributed by atoms with Crippen LogP contribution < -0.4 is 10.0 Å². The molecule has 3 N–H and O–H groups in total. The van der Waals surface area contributed by atoms with E-state index in [2.05, 4.69) is 25.0 Å². The number of hydrogen-bond donors (Lipinski definition) is 3. The number of halogens is 2. The Balaban J connectivity index is 1.74. The Hall–Kier alpha value is -3.10. The number of pyridine rings is 2. The third-order valence-electron chi connectivity index (χ3n) is 5.52. The Kier molecular flexibility index (Phi) is 5.84. The summed E-state index contributed by atoms with van der Waals surface area (Å²) in [6.45, 7) is 5.52. The minimum atomic E-state index is -3.60. The molecule has 1 saturated carbocycles. The highest BCUT2D eigenvalue weighted by Gasteiger charge is 2.34. The van der Waals surface area contributed by atoms with Gasteiger partial charge in [-0.15, -0.1) is 0 Å². The van der Waals surface area contributed by atoms with Gasteiger partial charge in [-0.25, -0.2) is 31.9 Å². The first-order valence-electron chi connectivity index (χ1n) is 10.5. The van der Waals surface area contributed by atoms with Gasteiger partial charge < -0.3 is 10.3 Å². The topological polar surface area (TPSA) is 124 Å². The number of anilines is 1. The van der Waals surface area contributed by atoms with Crippen molar-refractivity contribution in [1.29, 1.82) is 5.26 Å². The lowest BCUT2D eigenvalue weighted by molar-refractivity contribution is 0.357. The summed E-state index contributed by atoms with van der Waals surface area (Å²) >= 11 is 0. The standard InChI is InChI=1S/C22H24F2N6O2S/c1-22(2,3)18(11-33(31,32)30-14-4-5-14)28-21-17(24)6-12(8-25)19(29-21)16-10-27-20-15(16)7-13(23)9-26-20/h6-7,9-10,14,18,30H,4-5,11H2,1-3H3,(H,26,27)(H,28,29). The molecule has 1 atom stereocenters. The average Bonchev–Trinajstić information content (AvgIpc) is 3.43. The van der Waals surface area contributed by atoms with E-state index in [0.717, 1.165) is 25.1 Å². The SMILES string of the molecule is CC(C)(C)C(CS(=O)(=O)NC1CC1)Nc1nc(-c2c[nH]c3ncc(F)cc23)c(C#N)cc1F. The number of rotatable bonds is 7. The normalized spacial score (nSPS) is 15.4. The first kappa shape index (κ1) is 23.1. The Bertz CT molecular complexity index is 1350. The van der Waals surface area contributed by atoms with Gasteiger partial charge in [0.1, 0.15) is 17.5 Å². The maximum Gasteiger partial charge on any atom is 0.213 e. The van der Waals surface area contributed by atoms with E-state index in [0.29, 0.717) is 16.6 Å². The van der Waals surface area contributed by atoms with Crippen LogP contribution in [0.2, 0.25) is 0 Å². The minimum absolute atomic E-state index is 0.0390. The van der Waals surface area contributed by atoms with Crippen LogP contribution in [0.5, 0.6) is 0 Å². The fraction of sp³-hybridized carbons (Fsp3) is 0.409. The molecule has 3 aromatic rings. The molecule has 8 nitrogen and oxygen atoms in total. The number of H-pyrrole nitrogens is 1. The fourth-order valence-corrected chi connectivity index (χ4v) is 5.31. The van der Waals surface area contributed by atoms with Crippen LogP contribution in [0.1, 0.15) is 39.2 Å². The maximum absolute atomic E-state index is 14.9. The van der Waals surface area contributed by atoms with Gasteiger partial charge in [0.05, 0.1) is 23.2 Å². The lowest BCUT2D eigenvalue weighted by Gasteiger charge is -2.32. The highest BCUT2D eigenvalue weighted by molar-refractivity contribution is 7.89. The van der Waals surface area contributed by atoms with Crippen LogP contribution in [0, 0.1) is 28.4 Å². The summed E-state index contributed by atoms with van der Waals surface area (Å²) in [6, 6.07) is 3.48. The van der Waals surface area contributed by atoms with Gasteiger partial charge in [-0.1, -0.05) is 20.8 Å². The van der Waals surface area contributed by atoms with Crippen molar-refractivity contribution >= 4 is 26.9 Å². The molecule has 4 rings (SSSR count). The summed E-state index contributed by atoms with van der Waals surface area (Å²) in [5.41, 5.74) is 0.298. The molecule has 0 amide bonds. The Labute approximate surface area is 190 Å². The summed E-state index contributed by atoms with van der Waals surface area (Å²) in [5, 5.41) is 12.9. The summed E-state index contributed by atoms with van der Waals surface area (Å²) < 4.78 is 56.5. The van der Waals surface area contributed by atoms with Crippen LogP contribution in [0.4, 0.5) is 14.6 Å². The summed E-state index contributed by atoms with van der Waals surface area (Å²) in [4.78, 5) is 11.2. The zero-order valence-corrected chi connectivity index (χ0v) is 19.2. The van der Waals surface area contributed by atoms with Gasteiger partial charge in [-0.2, -0.15) is 5.26 Å². The smallest absolute Gasteiger partial charge is 0.213 e. The van der Waals surface area contributed by atoms with Crippen molar-refractivity contribution in [2.75, 3.05) is 11.1 Å².